The lowest BCUT2D eigenvalue weighted by Crippen LogP contribution is -2.43. The second kappa shape index (κ2) is 7.33. The van der Waals surface area contributed by atoms with Gasteiger partial charge in [-0.2, -0.15) is 0 Å². The van der Waals surface area contributed by atoms with Crippen molar-refractivity contribution in [1.29, 1.82) is 0 Å². The van der Waals surface area contributed by atoms with E-state index in [0.29, 0.717) is 19.2 Å². The molecule has 1 aliphatic heterocycles. The number of benzene rings is 2. The quantitative estimate of drug-likeness (QED) is 0.903. The smallest absolute Gasteiger partial charge is 0.124 e. The first-order valence-electron chi connectivity index (χ1n) is 8.86. The van der Waals surface area contributed by atoms with E-state index in [1.165, 1.54) is 35.6 Å². The lowest BCUT2D eigenvalue weighted by molar-refractivity contribution is 0.107. The molecule has 3 rings (SSSR count). The first-order valence-corrected chi connectivity index (χ1v) is 8.86. The van der Waals surface area contributed by atoms with E-state index in [4.69, 9.17) is 10.5 Å². The molecular formula is C20H28N2O. The number of hydrogen-bond acceptors (Lipinski definition) is 3. The molecule has 124 valence electrons. The number of fused-ring (bicyclic) bond motifs is 1. The molecule has 0 saturated carbocycles. The molecular weight excluding hydrogens is 284 g/mol. The molecule has 2 atom stereocenters. The van der Waals surface area contributed by atoms with Crippen LogP contribution in [0.2, 0.25) is 0 Å². The molecule has 1 fully saturated rings. The highest BCUT2D eigenvalue weighted by Gasteiger charge is 2.29. The van der Waals surface area contributed by atoms with Gasteiger partial charge in [-0.25, -0.2) is 0 Å². The van der Waals surface area contributed by atoms with Gasteiger partial charge in [-0.15, -0.1) is 0 Å². The summed E-state index contributed by atoms with van der Waals surface area (Å²) in [5.41, 5.74) is 7.52. The second-order valence-corrected chi connectivity index (χ2v) is 6.47. The Morgan fingerprint density at radius 1 is 1.22 bits per heavy atom. The van der Waals surface area contributed by atoms with Gasteiger partial charge in [0.05, 0.1) is 12.6 Å². The van der Waals surface area contributed by atoms with Gasteiger partial charge in [0.1, 0.15) is 5.75 Å². The maximum atomic E-state index is 6.26. The minimum absolute atomic E-state index is 0.220. The summed E-state index contributed by atoms with van der Waals surface area (Å²) in [6, 6.07) is 13.6. The SMILES string of the molecule is CCOc1ccc2ccccc2c1C(CN)N1CCCCC1C. The molecule has 0 bridgehead atoms. The van der Waals surface area contributed by atoms with E-state index >= 15 is 0 Å². The van der Waals surface area contributed by atoms with Crippen LogP contribution in [0.25, 0.3) is 10.8 Å². The van der Waals surface area contributed by atoms with Gasteiger partial charge in [-0.1, -0.05) is 36.8 Å². The zero-order chi connectivity index (χ0) is 16.2. The predicted molar refractivity (Wildman–Crippen MR) is 96.9 cm³/mol. The van der Waals surface area contributed by atoms with Crippen molar-refractivity contribution >= 4 is 10.8 Å². The fourth-order valence-corrected chi connectivity index (χ4v) is 3.90. The maximum absolute atomic E-state index is 6.26. The van der Waals surface area contributed by atoms with E-state index in [9.17, 15) is 0 Å². The summed E-state index contributed by atoms with van der Waals surface area (Å²) in [7, 11) is 0. The molecule has 1 heterocycles. The summed E-state index contributed by atoms with van der Waals surface area (Å²) in [5.74, 6) is 0.986. The Morgan fingerprint density at radius 2 is 2.04 bits per heavy atom. The number of piperidine rings is 1. The third-order valence-electron chi connectivity index (χ3n) is 5.04. The monoisotopic (exact) mass is 312 g/mol. The number of nitrogens with two attached hydrogens (primary N) is 1. The van der Waals surface area contributed by atoms with Crippen LogP contribution in [0.4, 0.5) is 0 Å². The molecule has 3 heteroatoms. The highest BCUT2D eigenvalue weighted by Crippen LogP contribution is 2.38. The van der Waals surface area contributed by atoms with E-state index in [2.05, 4.69) is 48.2 Å². The van der Waals surface area contributed by atoms with Crippen molar-refractivity contribution in [3.05, 3.63) is 42.0 Å². The molecule has 23 heavy (non-hydrogen) atoms. The van der Waals surface area contributed by atoms with Crippen LogP contribution in [-0.4, -0.2) is 30.6 Å². The Hall–Kier alpha value is -1.58. The molecule has 2 unspecified atom stereocenters. The van der Waals surface area contributed by atoms with Crippen molar-refractivity contribution in [3.63, 3.8) is 0 Å². The van der Waals surface area contributed by atoms with Crippen LogP contribution in [0.1, 0.15) is 44.7 Å². The summed E-state index contributed by atoms with van der Waals surface area (Å²) in [5, 5.41) is 2.53. The van der Waals surface area contributed by atoms with E-state index in [1.807, 2.05) is 6.92 Å². The average molecular weight is 312 g/mol. The van der Waals surface area contributed by atoms with Crippen LogP contribution < -0.4 is 10.5 Å². The van der Waals surface area contributed by atoms with Crippen molar-refractivity contribution in [2.75, 3.05) is 19.7 Å². The Bertz CT molecular complexity index is 655. The lowest BCUT2D eigenvalue weighted by Gasteiger charge is -2.40. The Labute approximate surface area is 139 Å². The van der Waals surface area contributed by atoms with E-state index in [0.717, 1.165) is 12.3 Å². The minimum atomic E-state index is 0.220. The molecule has 0 aliphatic carbocycles. The van der Waals surface area contributed by atoms with Gasteiger partial charge >= 0.3 is 0 Å². The first-order chi connectivity index (χ1) is 11.3. The van der Waals surface area contributed by atoms with Gasteiger partial charge in [0.25, 0.3) is 0 Å². The Kier molecular flexibility index (Phi) is 5.19. The summed E-state index contributed by atoms with van der Waals surface area (Å²) < 4.78 is 5.97. The van der Waals surface area contributed by atoms with Crippen molar-refractivity contribution in [2.45, 2.75) is 45.2 Å². The third kappa shape index (κ3) is 3.22. The van der Waals surface area contributed by atoms with E-state index < -0.39 is 0 Å². The predicted octanol–water partition coefficient (Wildman–Crippen LogP) is 4.11. The molecule has 1 saturated heterocycles. The fraction of sp³-hybridized carbons (Fsp3) is 0.500. The third-order valence-corrected chi connectivity index (χ3v) is 5.04. The van der Waals surface area contributed by atoms with Gasteiger partial charge in [0.2, 0.25) is 0 Å². The number of likely N-dealkylation sites (tertiary alicyclic amines) is 1. The number of ether oxygens (including phenoxy) is 1. The van der Waals surface area contributed by atoms with Crippen LogP contribution in [-0.2, 0) is 0 Å². The van der Waals surface area contributed by atoms with Gasteiger partial charge in [0, 0.05) is 18.2 Å². The second-order valence-electron chi connectivity index (χ2n) is 6.47. The van der Waals surface area contributed by atoms with Crippen molar-refractivity contribution in [1.82, 2.24) is 4.90 Å². The highest BCUT2D eigenvalue weighted by molar-refractivity contribution is 5.88. The molecule has 2 N–H and O–H groups in total. The number of rotatable bonds is 5. The number of hydrogen-bond donors (Lipinski definition) is 1. The Balaban J connectivity index is 2.12. The summed E-state index contributed by atoms with van der Waals surface area (Å²) in [6.45, 7) is 6.79. The molecule has 0 amide bonds. The topological polar surface area (TPSA) is 38.5 Å². The maximum Gasteiger partial charge on any atom is 0.124 e. The van der Waals surface area contributed by atoms with Crippen LogP contribution in [0, 0.1) is 0 Å². The molecule has 0 radical (unpaired) electrons. The number of nitrogens with zero attached hydrogens (tertiary/aromatic N) is 1. The zero-order valence-electron chi connectivity index (χ0n) is 14.3. The molecule has 2 aromatic carbocycles. The standard InChI is InChI=1S/C20H28N2O/c1-3-23-19-12-11-16-9-4-5-10-17(16)20(19)18(14-21)22-13-7-6-8-15(22)2/h4-5,9-12,15,18H,3,6-8,13-14,21H2,1-2H3. The summed E-state index contributed by atoms with van der Waals surface area (Å²) in [6.07, 6.45) is 3.84. The lowest BCUT2D eigenvalue weighted by atomic mass is 9.93. The van der Waals surface area contributed by atoms with E-state index in [-0.39, 0.29) is 6.04 Å². The van der Waals surface area contributed by atoms with Crippen molar-refractivity contribution < 1.29 is 4.74 Å². The summed E-state index contributed by atoms with van der Waals surface area (Å²) in [4.78, 5) is 2.58. The molecule has 3 nitrogen and oxygen atoms in total. The van der Waals surface area contributed by atoms with Gasteiger partial charge < -0.3 is 10.5 Å². The average Bonchev–Trinajstić information content (AvgIpc) is 2.58. The van der Waals surface area contributed by atoms with Crippen LogP contribution in [0.5, 0.6) is 5.75 Å². The largest absolute Gasteiger partial charge is 0.494 e. The zero-order valence-corrected chi connectivity index (χ0v) is 14.3. The highest BCUT2D eigenvalue weighted by atomic mass is 16.5. The molecule has 2 aromatic rings. The molecule has 0 aromatic heterocycles. The van der Waals surface area contributed by atoms with Crippen LogP contribution in [0.15, 0.2) is 36.4 Å². The van der Waals surface area contributed by atoms with Gasteiger partial charge in [0.15, 0.2) is 0 Å². The van der Waals surface area contributed by atoms with Crippen molar-refractivity contribution in [3.8, 4) is 5.75 Å². The van der Waals surface area contributed by atoms with Crippen LogP contribution in [0.3, 0.4) is 0 Å². The molecule has 1 aliphatic rings. The molecule has 0 spiro atoms. The van der Waals surface area contributed by atoms with E-state index in [1.54, 1.807) is 0 Å². The summed E-state index contributed by atoms with van der Waals surface area (Å²) >= 11 is 0. The fourth-order valence-electron chi connectivity index (χ4n) is 3.90. The normalized spacial score (nSPS) is 20.6. The van der Waals surface area contributed by atoms with Crippen LogP contribution >= 0.6 is 0 Å². The van der Waals surface area contributed by atoms with Gasteiger partial charge in [-0.3, -0.25) is 4.90 Å². The Morgan fingerprint density at radius 3 is 2.78 bits per heavy atom. The van der Waals surface area contributed by atoms with Crippen molar-refractivity contribution in [2.24, 2.45) is 5.73 Å². The minimum Gasteiger partial charge on any atom is -0.494 e. The van der Waals surface area contributed by atoms with Gasteiger partial charge in [-0.05, 0) is 50.1 Å². The first kappa shape index (κ1) is 16.3.